The summed E-state index contributed by atoms with van der Waals surface area (Å²) in [6.45, 7) is 0. The number of hydrogen-bond donors (Lipinski definition) is 2. The van der Waals surface area contributed by atoms with Gasteiger partial charge >= 0.3 is 5.69 Å². The molecular weight excluding hydrogens is 272 g/mol. The van der Waals surface area contributed by atoms with Crippen LogP contribution in [0.4, 0.5) is 0 Å². The summed E-state index contributed by atoms with van der Waals surface area (Å²) in [6.07, 6.45) is 4.31. The first-order valence-corrected chi connectivity index (χ1v) is 8.02. The van der Waals surface area contributed by atoms with Crippen LogP contribution < -0.4 is 5.69 Å². The highest BCUT2D eigenvalue weighted by Gasteiger charge is 2.66. The number of H-pyrrole nitrogens is 2. The molecule has 5 unspecified atom stereocenters. The van der Waals surface area contributed by atoms with Crippen molar-refractivity contribution in [2.75, 3.05) is 0 Å². The molecule has 0 spiro atoms. The highest BCUT2D eigenvalue weighted by Crippen LogP contribution is 2.73. The van der Waals surface area contributed by atoms with Gasteiger partial charge in [-0.2, -0.15) is 0 Å². The first-order chi connectivity index (χ1) is 9.72. The lowest BCUT2D eigenvalue weighted by molar-refractivity contribution is 0.455. The smallest absolute Gasteiger partial charge is 0.306 e. The van der Waals surface area contributed by atoms with E-state index >= 15 is 0 Å². The van der Waals surface area contributed by atoms with Gasteiger partial charge in [0.1, 0.15) is 0 Å². The minimum Gasteiger partial charge on any atom is -0.306 e. The molecule has 3 saturated carbocycles. The predicted molar refractivity (Wildman–Crippen MR) is 78.8 cm³/mol. The molecule has 2 aromatic rings. The molecule has 1 aromatic carbocycles. The van der Waals surface area contributed by atoms with Gasteiger partial charge in [-0.15, -0.1) is 11.6 Å². The average Bonchev–Trinajstić information content (AvgIpc) is 2.76. The Morgan fingerprint density at radius 1 is 1.10 bits per heavy atom. The van der Waals surface area contributed by atoms with Crippen molar-refractivity contribution in [1.82, 2.24) is 9.97 Å². The van der Waals surface area contributed by atoms with Crippen molar-refractivity contribution in [3.05, 3.63) is 34.2 Å². The van der Waals surface area contributed by atoms with E-state index in [9.17, 15) is 4.79 Å². The Balaban J connectivity index is 1.48. The van der Waals surface area contributed by atoms with Gasteiger partial charge in [-0.05, 0) is 66.5 Å². The van der Waals surface area contributed by atoms with Crippen LogP contribution in [0.15, 0.2) is 23.0 Å². The van der Waals surface area contributed by atoms with E-state index in [2.05, 4.69) is 16.0 Å². The predicted octanol–water partition coefficient (Wildman–Crippen LogP) is 3.43. The van der Waals surface area contributed by atoms with Crippen molar-refractivity contribution in [3.8, 4) is 0 Å². The topological polar surface area (TPSA) is 48.6 Å². The summed E-state index contributed by atoms with van der Waals surface area (Å²) in [5, 5.41) is 0.108. The summed E-state index contributed by atoms with van der Waals surface area (Å²) in [5.74, 6) is 4.35. The van der Waals surface area contributed by atoms with Crippen molar-refractivity contribution in [3.63, 3.8) is 0 Å². The Morgan fingerprint density at radius 2 is 1.80 bits per heavy atom. The van der Waals surface area contributed by atoms with E-state index in [4.69, 9.17) is 11.6 Å². The van der Waals surface area contributed by atoms with E-state index < -0.39 is 0 Å². The first kappa shape index (κ1) is 11.4. The molecule has 20 heavy (non-hydrogen) atoms. The van der Waals surface area contributed by atoms with Crippen LogP contribution in [0.1, 0.15) is 30.2 Å². The number of imidazole rings is 1. The summed E-state index contributed by atoms with van der Waals surface area (Å²) in [5.41, 5.74) is 2.74. The van der Waals surface area contributed by atoms with Gasteiger partial charge < -0.3 is 9.97 Å². The Bertz CT molecular complexity index is 732. The lowest BCUT2D eigenvalue weighted by Gasteiger charge is -2.14. The molecule has 0 saturated heterocycles. The van der Waals surface area contributed by atoms with Crippen LogP contribution in [0.25, 0.3) is 11.0 Å². The van der Waals surface area contributed by atoms with E-state index in [0.717, 1.165) is 40.3 Å². The number of hydrogen-bond acceptors (Lipinski definition) is 1. The fourth-order valence-corrected chi connectivity index (χ4v) is 5.70. The van der Waals surface area contributed by atoms with Gasteiger partial charge in [0.25, 0.3) is 0 Å². The van der Waals surface area contributed by atoms with Crippen molar-refractivity contribution < 1.29 is 0 Å². The van der Waals surface area contributed by atoms with Crippen LogP contribution in [-0.2, 0) is 0 Å². The normalized spacial score (nSPS) is 39.1. The van der Waals surface area contributed by atoms with Gasteiger partial charge in [0.05, 0.1) is 16.4 Å². The Hall–Kier alpha value is -1.22. The largest absolute Gasteiger partial charge is 0.323 e. The second kappa shape index (κ2) is 3.70. The zero-order chi connectivity index (χ0) is 13.4. The lowest BCUT2D eigenvalue weighted by atomic mass is 9.97. The summed E-state index contributed by atoms with van der Waals surface area (Å²) in [4.78, 5) is 16.9. The molecule has 104 valence electrons. The molecule has 1 aromatic heterocycles. The molecule has 0 amide bonds. The second-order valence-corrected chi connectivity index (χ2v) is 7.32. The first-order valence-electron chi connectivity index (χ1n) is 7.58. The Labute approximate surface area is 121 Å². The number of rotatable bonds is 2. The molecule has 3 fully saturated rings. The van der Waals surface area contributed by atoms with Crippen LogP contribution in [0, 0.1) is 29.6 Å². The number of aromatic amines is 2. The van der Waals surface area contributed by atoms with E-state index in [1.807, 2.05) is 12.1 Å². The molecule has 1 heterocycles. The maximum Gasteiger partial charge on any atom is 0.323 e. The molecule has 2 bridgehead atoms. The molecule has 2 N–H and O–H groups in total. The number of fused-ring (bicyclic) bond motifs is 6. The van der Waals surface area contributed by atoms with Gasteiger partial charge in [0, 0.05) is 0 Å². The SMILES string of the molecule is O=c1[nH]c2ccc(C(Cl)C3C4C5CCC(C5)C43)cc2[nH]1. The highest BCUT2D eigenvalue weighted by molar-refractivity contribution is 6.21. The van der Waals surface area contributed by atoms with Gasteiger partial charge in [0.2, 0.25) is 0 Å². The molecule has 3 aliphatic rings. The summed E-state index contributed by atoms with van der Waals surface area (Å²) in [6, 6.07) is 6.07. The minimum absolute atomic E-state index is 0.108. The second-order valence-electron chi connectivity index (χ2n) is 6.85. The van der Waals surface area contributed by atoms with E-state index in [1.54, 1.807) is 0 Å². The van der Waals surface area contributed by atoms with Crippen molar-refractivity contribution in [2.45, 2.75) is 24.6 Å². The monoisotopic (exact) mass is 288 g/mol. The molecule has 5 atom stereocenters. The van der Waals surface area contributed by atoms with E-state index in [1.165, 1.54) is 19.3 Å². The summed E-state index contributed by atoms with van der Waals surface area (Å²) >= 11 is 6.77. The zero-order valence-electron chi connectivity index (χ0n) is 11.1. The third-order valence-electron chi connectivity index (χ3n) is 5.99. The Morgan fingerprint density at radius 3 is 2.55 bits per heavy atom. The maximum atomic E-state index is 11.3. The summed E-state index contributed by atoms with van der Waals surface area (Å²) in [7, 11) is 0. The van der Waals surface area contributed by atoms with Crippen LogP contribution in [-0.4, -0.2) is 9.97 Å². The van der Waals surface area contributed by atoms with Crippen molar-refractivity contribution in [2.24, 2.45) is 29.6 Å². The number of halogens is 1. The van der Waals surface area contributed by atoms with E-state index in [-0.39, 0.29) is 11.1 Å². The maximum absolute atomic E-state index is 11.3. The van der Waals surface area contributed by atoms with Crippen molar-refractivity contribution in [1.29, 1.82) is 0 Å². The van der Waals surface area contributed by atoms with E-state index in [0.29, 0.717) is 5.92 Å². The standard InChI is InChI=1S/C16H17ClN2O/c17-15(14-12-7-1-2-8(5-7)13(12)14)9-3-4-10-11(6-9)19-16(20)18-10/h3-4,6-8,12-15H,1-2,5H2,(H2,18,19,20). The van der Waals surface area contributed by atoms with Crippen molar-refractivity contribution >= 4 is 22.6 Å². The van der Waals surface area contributed by atoms with Gasteiger partial charge in [0.15, 0.2) is 0 Å². The fourth-order valence-electron chi connectivity index (χ4n) is 5.23. The number of aromatic nitrogens is 2. The van der Waals surface area contributed by atoms with Crippen LogP contribution in [0.3, 0.4) is 0 Å². The molecule has 4 heteroatoms. The van der Waals surface area contributed by atoms with Crippen LogP contribution in [0.2, 0.25) is 0 Å². The van der Waals surface area contributed by atoms with Gasteiger partial charge in [-0.3, -0.25) is 0 Å². The van der Waals surface area contributed by atoms with Crippen LogP contribution >= 0.6 is 11.6 Å². The minimum atomic E-state index is -0.149. The number of alkyl halides is 1. The average molecular weight is 289 g/mol. The molecule has 3 aliphatic carbocycles. The third-order valence-corrected chi connectivity index (χ3v) is 6.53. The molecule has 3 nitrogen and oxygen atoms in total. The zero-order valence-corrected chi connectivity index (χ0v) is 11.9. The molecule has 0 aliphatic heterocycles. The lowest BCUT2D eigenvalue weighted by Crippen LogP contribution is -2.04. The quantitative estimate of drug-likeness (QED) is 0.817. The summed E-state index contributed by atoms with van der Waals surface area (Å²) < 4.78 is 0. The molecular formula is C16H17ClN2O. The number of benzene rings is 1. The van der Waals surface area contributed by atoms with Crippen LogP contribution in [0.5, 0.6) is 0 Å². The Kier molecular flexibility index (Phi) is 2.12. The molecule has 5 rings (SSSR count). The molecule has 0 radical (unpaired) electrons. The van der Waals surface area contributed by atoms with Gasteiger partial charge in [-0.25, -0.2) is 4.79 Å². The van der Waals surface area contributed by atoms with Gasteiger partial charge in [-0.1, -0.05) is 6.07 Å². The third kappa shape index (κ3) is 1.39. The highest BCUT2D eigenvalue weighted by atomic mass is 35.5. The number of nitrogens with one attached hydrogen (secondary N) is 2. The fraction of sp³-hybridized carbons (Fsp3) is 0.562.